The topological polar surface area (TPSA) is 69.9 Å². The Labute approximate surface area is 159 Å². The van der Waals surface area contributed by atoms with Crippen LogP contribution in [0.4, 0.5) is 4.39 Å². The number of pyridine rings is 1. The van der Waals surface area contributed by atoms with Crippen LogP contribution in [-0.4, -0.2) is 38.4 Å². The summed E-state index contributed by atoms with van der Waals surface area (Å²) in [5.74, 6) is 0.317. The summed E-state index contributed by atoms with van der Waals surface area (Å²) in [4.78, 5) is 16.6. The van der Waals surface area contributed by atoms with Gasteiger partial charge < -0.3 is 4.74 Å². The molecule has 6 nitrogen and oxygen atoms in total. The molecule has 8 heteroatoms. The minimum absolute atomic E-state index is 0.119. The van der Waals surface area contributed by atoms with Crippen molar-refractivity contribution in [2.45, 2.75) is 24.0 Å². The second-order valence-electron chi connectivity index (χ2n) is 6.21. The second kappa shape index (κ2) is 7.48. The Bertz CT molecular complexity index is 973. The van der Waals surface area contributed by atoms with Crippen LogP contribution in [0.2, 0.25) is 0 Å². The standard InChI is InChI=1S/C19H17FN4O2S/c1-26-17-7-4-12(9-15(17)20)16(25)11-27-19-23-22-18(24(19)14-5-6-14)13-3-2-8-21-10-13/h2-4,7-10,14H,5-6,11H2,1H3. The lowest BCUT2D eigenvalue weighted by atomic mass is 10.1. The summed E-state index contributed by atoms with van der Waals surface area (Å²) in [6.07, 6.45) is 5.60. The molecule has 27 heavy (non-hydrogen) atoms. The number of carbonyl (C=O) groups is 1. The smallest absolute Gasteiger partial charge is 0.192 e. The van der Waals surface area contributed by atoms with E-state index in [-0.39, 0.29) is 17.3 Å². The number of hydrogen-bond acceptors (Lipinski definition) is 6. The van der Waals surface area contributed by atoms with Crippen molar-refractivity contribution in [3.05, 3.63) is 54.1 Å². The third-order valence-electron chi connectivity index (χ3n) is 4.30. The fourth-order valence-electron chi connectivity index (χ4n) is 2.78. The number of methoxy groups -OCH3 is 1. The van der Waals surface area contributed by atoms with Gasteiger partial charge in [0.1, 0.15) is 0 Å². The molecule has 1 aliphatic carbocycles. The summed E-state index contributed by atoms with van der Waals surface area (Å²) in [6.45, 7) is 0. The summed E-state index contributed by atoms with van der Waals surface area (Å²) in [5.41, 5.74) is 1.21. The Morgan fingerprint density at radius 3 is 2.85 bits per heavy atom. The number of rotatable bonds is 7. The summed E-state index contributed by atoms with van der Waals surface area (Å²) in [6, 6.07) is 8.38. The van der Waals surface area contributed by atoms with Gasteiger partial charge in [-0.3, -0.25) is 14.3 Å². The van der Waals surface area contributed by atoms with Crippen LogP contribution >= 0.6 is 11.8 Å². The lowest BCUT2D eigenvalue weighted by Crippen LogP contribution is -2.06. The highest BCUT2D eigenvalue weighted by Crippen LogP contribution is 2.41. The maximum Gasteiger partial charge on any atom is 0.192 e. The number of benzene rings is 1. The molecule has 0 radical (unpaired) electrons. The van der Waals surface area contributed by atoms with Crippen LogP contribution in [-0.2, 0) is 0 Å². The van der Waals surface area contributed by atoms with Crippen LogP contribution in [0.3, 0.4) is 0 Å². The molecule has 0 aliphatic heterocycles. The molecule has 138 valence electrons. The number of aromatic nitrogens is 4. The van der Waals surface area contributed by atoms with Gasteiger partial charge >= 0.3 is 0 Å². The largest absolute Gasteiger partial charge is 0.494 e. The number of ketones is 1. The average molecular weight is 384 g/mol. The molecule has 1 aliphatic rings. The van der Waals surface area contributed by atoms with Gasteiger partial charge in [0.05, 0.1) is 12.9 Å². The zero-order valence-corrected chi connectivity index (χ0v) is 15.4. The number of thioether (sulfide) groups is 1. The highest BCUT2D eigenvalue weighted by atomic mass is 32.2. The van der Waals surface area contributed by atoms with Crippen LogP contribution in [0.1, 0.15) is 29.2 Å². The van der Waals surface area contributed by atoms with Crippen molar-refractivity contribution >= 4 is 17.5 Å². The molecule has 4 rings (SSSR count). The van der Waals surface area contributed by atoms with E-state index < -0.39 is 5.82 Å². The molecule has 3 aromatic rings. The molecule has 2 aromatic heterocycles. The van der Waals surface area contributed by atoms with Gasteiger partial charge in [-0.1, -0.05) is 11.8 Å². The van der Waals surface area contributed by atoms with E-state index in [0.717, 1.165) is 24.2 Å². The van der Waals surface area contributed by atoms with Gasteiger partial charge in [0.15, 0.2) is 28.3 Å². The maximum atomic E-state index is 13.8. The average Bonchev–Trinajstić information content (AvgIpc) is 3.45. The van der Waals surface area contributed by atoms with E-state index in [0.29, 0.717) is 16.8 Å². The normalized spacial score (nSPS) is 13.6. The number of carbonyl (C=O) groups excluding carboxylic acids is 1. The van der Waals surface area contributed by atoms with E-state index in [1.807, 2.05) is 12.1 Å². The van der Waals surface area contributed by atoms with Gasteiger partial charge in [0.2, 0.25) is 0 Å². The van der Waals surface area contributed by atoms with Crippen molar-refractivity contribution < 1.29 is 13.9 Å². The second-order valence-corrected chi connectivity index (χ2v) is 7.15. The van der Waals surface area contributed by atoms with Gasteiger partial charge in [0.25, 0.3) is 0 Å². The summed E-state index contributed by atoms with van der Waals surface area (Å²) >= 11 is 1.32. The van der Waals surface area contributed by atoms with Crippen molar-refractivity contribution in [2.75, 3.05) is 12.9 Å². The van der Waals surface area contributed by atoms with Crippen LogP contribution < -0.4 is 4.74 Å². The van der Waals surface area contributed by atoms with Crippen molar-refractivity contribution in [3.8, 4) is 17.1 Å². The minimum atomic E-state index is -0.548. The molecule has 0 unspecified atom stereocenters. The Kier molecular flexibility index (Phi) is 4.89. The fourth-order valence-corrected chi connectivity index (χ4v) is 3.68. The minimum Gasteiger partial charge on any atom is -0.494 e. The van der Waals surface area contributed by atoms with Gasteiger partial charge in [-0.05, 0) is 43.2 Å². The number of ether oxygens (including phenoxy) is 1. The van der Waals surface area contributed by atoms with E-state index in [9.17, 15) is 9.18 Å². The highest BCUT2D eigenvalue weighted by molar-refractivity contribution is 7.99. The van der Waals surface area contributed by atoms with E-state index in [1.165, 1.54) is 31.0 Å². The predicted molar refractivity (Wildman–Crippen MR) is 99.5 cm³/mol. The van der Waals surface area contributed by atoms with Crippen molar-refractivity contribution in [2.24, 2.45) is 0 Å². The first-order valence-corrected chi connectivity index (χ1v) is 9.51. The van der Waals surface area contributed by atoms with Gasteiger partial charge in [0, 0.05) is 29.6 Å². The van der Waals surface area contributed by atoms with E-state index in [1.54, 1.807) is 18.5 Å². The molecule has 0 amide bonds. The van der Waals surface area contributed by atoms with Crippen molar-refractivity contribution in [1.29, 1.82) is 0 Å². The zero-order valence-electron chi connectivity index (χ0n) is 14.6. The zero-order chi connectivity index (χ0) is 18.8. The SMILES string of the molecule is COc1ccc(C(=O)CSc2nnc(-c3cccnc3)n2C2CC2)cc1F. The summed E-state index contributed by atoms with van der Waals surface area (Å²) < 4.78 is 20.8. The number of halogens is 1. The third-order valence-corrected chi connectivity index (χ3v) is 5.25. The van der Waals surface area contributed by atoms with Crippen molar-refractivity contribution in [1.82, 2.24) is 19.7 Å². The third kappa shape index (κ3) is 3.71. The molecule has 0 atom stereocenters. The van der Waals surface area contributed by atoms with Gasteiger partial charge in [-0.2, -0.15) is 0 Å². The molecule has 0 N–H and O–H groups in total. The molecular formula is C19H17FN4O2S. The molecule has 0 bridgehead atoms. The van der Waals surface area contributed by atoms with Gasteiger partial charge in [-0.25, -0.2) is 4.39 Å². The molecule has 1 aromatic carbocycles. The Balaban J connectivity index is 1.52. The Morgan fingerprint density at radius 2 is 2.19 bits per heavy atom. The van der Waals surface area contributed by atoms with Crippen LogP contribution in [0.25, 0.3) is 11.4 Å². The first-order chi connectivity index (χ1) is 13.2. The lowest BCUT2D eigenvalue weighted by Gasteiger charge is -2.08. The Morgan fingerprint density at radius 1 is 1.33 bits per heavy atom. The van der Waals surface area contributed by atoms with Crippen LogP contribution in [0.15, 0.2) is 47.9 Å². The first kappa shape index (κ1) is 17.7. The number of nitrogens with zero attached hydrogens (tertiary/aromatic N) is 4. The van der Waals surface area contributed by atoms with Crippen molar-refractivity contribution in [3.63, 3.8) is 0 Å². The molecular weight excluding hydrogens is 367 g/mol. The first-order valence-electron chi connectivity index (χ1n) is 8.52. The highest BCUT2D eigenvalue weighted by Gasteiger charge is 2.30. The Hall–Kier alpha value is -2.74. The number of hydrogen-bond donors (Lipinski definition) is 0. The molecule has 1 saturated carbocycles. The van der Waals surface area contributed by atoms with E-state index in [4.69, 9.17) is 4.74 Å². The quantitative estimate of drug-likeness (QED) is 0.456. The molecule has 1 fully saturated rings. The fraction of sp³-hybridized carbons (Fsp3) is 0.263. The van der Waals surface area contributed by atoms with Gasteiger partial charge in [-0.15, -0.1) is 10.2 Å². The molecule has 0 spiro atoms. The van der Waals surface area contributed by atoms with E-state index >= 15 is 0 Å². The van der Waals surface area contributed by atoms with E-state index in [2.05, 4.69) is 19.7 Å². The van der Waals surface area contributed by atoms with Crippen LogP contribution in [0.5, 0.6) is 5.75 Å². The number of Topliss-reactive ketones (excluding diaryl/α,β-unsaturated/α-hetero) is 1. The molecule has 0 saturated heterocycles. The predicted octanol–water partition coefficient (Wildman–Crippen LogP) is 3.80. The molecule has 2 heterocycles. The van der Waals surface area contributed by atoms with Crippen LogP contribution in [0, 0.1) is 5.82 Å². The monoisotopic (exact) mass is 384 g/mol. The lowest BCUT2D eigenvalue weighted by molar-refractivity contribution is 0.102. The summed E-state index contributed by atoms with van der Waals surface area (Å²) in [7, 11) is 1.39. The summed E-state index contributed by atoms with van der Waals surface area (Å²) in [5, 5.41) is 9.26. The maximum absolute atomic E-state index is 13.8.